The molecule has 0 aromatic rings. The zero-order chi connectivity index (χ0) is 18.1. The summed E-state index contributed by atoms with van der Waals surface area (Å²) in [7, 11) is 0. The molecule has 1 amide bonds. The van der Waals surface area contributed by atoms with E-state index in [-0.39, 0.29) is 25.6 Å². The van der Waals surface area contributed by atoms with Gasteiger partial charge < -0.3 is 35.5 Å². The van der Waals surface area contributed by atoms with Gasteiger partial charge in [-0.3, -0.25) is 4.79 Å². The summed E-state index contributed by atoms with van der Waals surface area (Å²) in [5.74, 6) is 0.0932. The van der Waals surface area contributed by atoms with Crippen molar-refractivity contribution in [3.63, 3.8) is 0 Å². The minimum Gasteiger partial charge on any atom is -0.395 e. The fourth-order valence-corrected chi connectivity index (χ4v) is 3.10. The molecular formula is C16H31NO7. The third-order valence-electron chi connectivity index (χ3n) is 4.64. The topological polar surface area (TPSA) is 142 Å². The Kier molecular flexibility index (Phi) is 9.72. The van der Waals surface area contributed by atoms with Gasteiger partial charge in [0.05, 0.1) is 13.2 Å². The summed E-state index contributed by atoms with van der Waals surface area (Å²) in [6.07, 6.45) is -0.815. The predicted octanol–water partition coefficient (Wildman–Crippen LogP) is -1.79. The van der Waals surface area contributed by atoms with Crippen LogP contribution < -0.4 is 0 Å². The van der Waals surface area contributed by atoms with E-state index in [0.29, 0.717) is 12.3 Å². The quantitative estimate of drug-likeness (QED) is 0.274. The molecule has 4 atom stereocenters. The summed E-state index contributed by atoms with van der Waals surface area (Å²) in [6.45, 7) is -1.27. The normalized spacial score (nSPS) is 21.1. The van der Waals surface area contributed by atoms with Gasteiger partial charge in [-0.1, -0.05) is 19.3 Å². The first-order chi connectivity index (χ1) is 11.4. The Bertz CT molecular complexity index is 362. The van der Waals surface area contributed by atoms with Crippen molar-refractivity contribution in [2.75, 3.05) is 26.3 Å². The van der Waals surface area contributed by atoms with Crippen LogP contribution in [0.5, 0.6) is 0 Å². The third-order valence-corrected chi connectivity index (χ3v) is 4.64. The van der Waals surface area contributed by atoms with E-state index in [1.54, 1.807) is 0 Å². The van der Waals surface area contributed by atoms with Gasteiger partial charge in [0, 0.05) is 19.5 Å². The summed E-state index contributed by atoms with van der Waals surface area (Å²) in [5.41, 5.74) is 0. The largest absolute Gasteiger partial charge is 0.395 e. The van der Waals surface area contributed by atoms with Gasteiger partial charge in [-0.15, -0.1) is 0 Å². The molecule has 8 nitrogen and oxygen atoms in total. The number of nitrogens with zero attached hydrogens (tertiary/aromatic N) is 1. The molecule has 1 unspecified atom stereocenters. The first kappa shape index (κ1) is 21.3. The van der Waals surface area contributed by atoms with E-state index in [0.717, 1.165) is 25.7 Å². The highest BCUT2D eigenvalue weighted by molar-refractivity contribution is 5.76. The highest BCUT2D eigenvalue weighted by Crippen LogP contribution is 2.26. The Hall–Kier alpha value is -0.770. The molecule has 0 aromatic carbocycles. The molecule has 0 radical (unpaired) electrons. The fraction of sp³-hybridized carbons (Fsp3) is 0.938. The Balaban J connectivity index is 2.57. The average Bonchev–Trinajstić information content (AvgIpc) is 2.59. The van der Waals surface area contributed by atoms with Crippen LogP contribution in [-0.2, 0) is 4.79 Å². The van der Waals surface area contributed by atoms with Crippen molar-refractivity contribution in [3.8, 4) is 0 Å². The lowest BCUT2D eigenvalue weighted by Gasteiger charge is -2.31. The summed E-state index contributed by atoms with van der Waals surface area (Å²) in [4.78, 5) is 13.7. The monoisotopic (exact) mass is 349 g/mol. The van der Waals surface area contributed by atoms with Crippen LogP contribution in [0.15, 0.2) is 0 Å². The van der Waals surface area contributed by atoms with Gasteiger partial charge in [0.25, 0.3) is 0 Å². The third kappa shape index (κ3) is 6.62. The van der Waals surface area contributed by atoms with Crippen LogP contribution in [0.3, 0.4) is 0 Å². The number of hydrogen-bond donors (Lipinski definition) is 6. The molecule has 0 spiro atoms. The fourth-order valence-electron chi connectivity index (χ4n) is 3.10. The van der Waals surface area contributed by atoms with Crippen molar-refractivity contribution < 1.29 is 35.4 Å². The zero-order valence-electron chi connectivity index (χ0n) is 14.0. The molecule has 1 saturated carbocycles. The van der Waals surface area contributed by atoms with Gasteiger partial charge in [0.1, 0.15) is 24.4 Å². The molecule has 1 rings (SSSR count). The van der Waals surface area contributed by atoms with E-state index >= 15 is 0 Å². The number of rotatable bonds is 10. The lowest BCUT2D eigenvalue weighted by Crippen LogP contribution is -2.51. The molecule has 24 heavy (non-hydrogen) atoms. The zero-order valence-corrected chi connectivity index (χ0v) is 14.0. The predicted molar refractivity (Wildman–Crippen MR) is 86.0 cm³/mol. The first-order valence-corrected chi connectivity index (χ1v) is 8.62. The molecule has 0 saturated heterocycles. The van der Waals surface area contributed by atoms with Gasteiger partial charge in [0.15, 0.2) is 0 Å². The molecule has 1 fully saturated rings. The van der Waals surface area contributed by atoms with E-state index in [4.69, 9.17) is 10.2 Å². The molecule has 8 heteroatoms. The highest BCUT2D eigenvalue weighted by atomic mass is 16.4. The second-order valence-electron chi connectivity index (χ2n) is 6.57. The summed E-state index contributed by atoms with van der Waals surface area (Å²) in [6, 6.07) is 0. The van der Waals surface area contributed by atoms with Gasteiger partial charge in [0.2, 0.25) is 5.91 Å². The van der Waals surface area contributed by atoms with Crippen molar-refractivity contribution >= 4 is 5.91 Å². The maximum Gasteiger partial charge on any atom is 0.223 e. The Morgan fingerprint density at radius 3 is 2.08 bits per heavy atom. The second-order valence-corrected chi connectivity index (χ2v) is 6.57. The first-order valence-electron chi connectivity index (χ1n) is 8.62. The highest BCUT2D eigenvalue weighted by Gasteiger charge is 2.32. The summed E-state index contributed by atoms with van der Waals surface area (Å²) in [5, 5.41) is 56.7. The van der Waals surface area contributed by atoms with Crippen molar-refractivity contribution in [2.24, 2.45) is 5.92 Å². The van der Waals surface area contributed by atoms with Gasteiger partial charge in [-0.25, -0.2) is 0 Å². The van der Waals surface area contributed by atoms with Crippen LogP contribution in [0.25, 0.3) is 0 Å². The molecule has 0 aromatic heterocycles. The number of hydrogen-bond acceptors (Lipinski definition) is 7. The van der Waals surface area contributed by atoms with Gasteiger partial charge in [-0.05, 0) is 18.8 Å². The van der Waals surface area contributed by atoms with Crippen LogP contribution >= 0.6 is 0 Å². The molecule has 0 heterocycles. The Labute approximate surface area is 142 Å². The molecule has 1 aliphatic carbocycles. The van der Waals surface area contributed by atoms with Gasteiger partial charge in [-0.2, -0.15) is 0 Å². The van der Waals surface area contributed by atoms with Crippen molar-refractivity contribution in [2.45, 2.75) is 62.9 Å². The average molecular weight is 349 g/mol. The van der Waals surface area contributed by atoms with E-state index in [1.165, 1.54) is 11.3 Å². The number of aliphatic hydroxyl groups excluding tert-OH is 6. The molecular weight excluding hydrogens is 318 g/mol. The number of carbonyl (C=O) groups excluding carboxylic acids is 1. The van der Waals surface area contributed by atoms with E-state index < -0.39 is 31.0 Å². The van der Waals surface area contributed by atoms with Crippen LogP contribution in [0.2, 0.25) is 0 Å². The minimum absolute atomic E-state index is 0.0218. The molecule has 0 bridgehead atoms. The summed E-state index contributed by atoms with van der Waals surface area (Å²) < 4.78 is 0. The number of aliphatic hydroxyl groups is 6. The lowest BCUT2D eigenvalue weighted by molar-refractivity contribution is -0.141. The van der Waals surface area contributed by atoms with Gasteiger partial charge >= 0.3 is 0 Å². The number of carbonyl (C=O) groups is 1. The van der Waals surface area contributed by atoms with E-state index in [2.05, 4.69) is 0 Å². The summed E-state index contributed by atoms with van der Waals surface area (Å²) >= 11 is 0. The minimum atomic E-state index is -1.73. The molecule has 142 valence electrons. The van der Waals surface area contributed by atoms with E-state index in [1.807, 2.05) is 0 Å². The van der Waals surface area contributed by atoms with Crippen molar-refractivity contribution in [3.05, 3.63) is 0 Å². The molecule has 6 N–H and O–H groups in total. The standard InChI is InChI=1S/C16H31NO7/c18-7-6-17(14(22)8-11-4-2-1-3-5-11)9-12(20)15(23)16(24)13(21)10-19/h11-13,15-16,18-21,23-24H,1-10H2/t12?,13-,15+,16+/m0/s1. The second kappa shape index (κ2) is 11.0. The lowest BCUT2D eigenvalue weighted by atomic mass is 9.86. The molecule has 1 aliphatic rings. The SMILES string of the molecule is O=C(CC1CCCCC1)N(CCO)CC(O)[C@@H](O)[C@H](O)[C@@H](O)CO. The van der Waals surface area contributed by atoms with Crippen LogP contribution in [0.4, 0.5) is 0 Å². The molecule has 0 aliphatic heterocycles. The Morgan fingerprint density at radius 1 is 0.958 bits per heavy atom. The van der Waals surface area contributed by atoms with Crippen LogP contribution in [-0.4, -0.2) is 92.2 Å². The van der Waals surface area contributed by atoms with Crippen LogP contribution in [0, 0.1) is 5.92 Å². The number of amides is 1. The van der Waals surface area contributed by atoms with E-state index in [9.17, 15) is 25.2 Å². The smallest absolute Gasteiger partial charge is 0.223 e. The Morgan fingerprint density at radius 2 is 1.54 bits per heavy atom. The van der Waals surface area contributed by atoms with Crippen LogP contribution in [0.1, 0.15) is 38.5 Å². The van der Waals surface area contributed by atoms with Crippen molar-refractivity contribution in [1.29, 1.82) is 0 Å². The maximum atomic E-state index is 12.4. The van der Waals surface area contributed by atoms with Crippen molar-refractivity contribution in [1.82, 2.24) is 4.90 Å². The maximum absolute atomic E-state index is 12.4.